The number of phenols is 1. The molecule has 10 heteroatoms. The van der Waals surface area contributed by atoms with Crippen LogP contribution in [0, 0.1) is 5.92 Å². The number of alkyl halides is 3. The van der Waals surface area contributed by atoms with E-state index >= 15 is 0 Å². The molecule has 2 bridgehead atoms. The molecule has 1 saturated carbocycles. The molecule has 2 N–H and O–H groups in total. The quantitative estimate of drug-likeness (QED) is 0.321. The number of aromatic hydroxyl groups is 1. The van der Waals surface area contributed by atoms with Crippen molar-refractivity contribution in [2.24, 2.45) is 5.92 Å². The second-order valence-corrected chi connectivity index (χ2v) is 12.6. The third kappa shape index (κ3) is 4.79. The highest BCUT2D eigenvalue weighted by Gasteiger charge is 2.73. The van der Waals surface area contributed by atoms with Crippen LogP contribution in [0.3, 0.4) is 0 Å². The molecule has 0 aromatic heterocycles. The number of hydrogen-bond acceptors (Lipinski definition) is 6. The van der Waals surface area contributed by atoms with Gasteiger partial charge in [0.2, 0.25) is 5.91 Å². The van der Waals surface area contributed by atoms with Gasteiger partial charge in [0.1, 0.15) is 11.9 Å². The Bertz CT molecular complexity index is 1460. The normalized spacial score (nSPS) is 29.3. The smallest absolute Gasteiger partial charge is 0.504 e. The molecule has 1 amide bonds. The third-order valence-corrected chi connectivity index (χ3v) is 9.66. The molecule has 2 aliphatic heterocycles. The number of phenolic OH excluding ortho intramolecular Hbond substituents is 1. The van der Waals surface area contributed by atoms with Crippen molar-refractivity contribution in [3.8, 4) is 17.2 Å². The Morgan fingerprint density at radius 3 is 2.79 bits per heavy atom. The van der Waals surface area contributed by atoms with Gasteiger partial charge in [-0.25, -0.2) is 0 Å². The minimum atomic E-state index is -4.82. The number of rotatable bonds is 8. The van der Waals surface area contributed by atoms with Crippen LogP contribution in [0.15, 0.2) is 55.1 Å². The highest BCUT2D eigenvalue weighted by atomic mass is 19.4. The molecule has 1 spiro atoms. The Morgan fingerprint density at radius 2 is 2.07 bits per heavy atom. The molecule has 6 rings (SSSR count). The van der Waals surface area contributed by atoms with Crippen LogP contribution in [0.2, 0.25) is 0 Å². The second kappa shape index (κ2) is 10.6. The SMILES string of the molecule is C=CCN1CC[C@]23c4c5ccc(O)c4O[C@H]2[C@@H](N(CC(C)C)C(=O)C=Cc2cccc(OC(F)(F)F)c2)CC[C@@]3(O)[C@H]1C5. The maximum atomic E-state index is 13.9. The average Bonchev–Trinajstić information content (AvgIpc) is 3.29. The Labute approximate surface area is 249 Å². The van der Waals surface area contributed by atoms with Gasteiger partial charge in [-0.15, -0.1) is 19.8 Å². The van der Waals surface area contributed by atoms with Crippen molar-refractivity contribution >= 4 is 12.0 Å². The van der Waals surface area contributed by atoms with Gasteiger partial charge in [-0.1, -0.05) is 38.1 Å². The lowest BCUT2D eigenvalue weighted by molar-refractivity contribution is -0.274. The number of carbonyl (C=O) groups excluding carboxylic acids is 1. The number of aliphatic hydroxyl groups is 1. The van der Waals surface area contributed by atoms with E-state index in [2.05, 4.69) is 16.2 Å². The van der Waals surface area contributed by atoms with Crippen molar-refractivity contribution in [1.29, 1.82) is 0 Å². The number of halogens is 3. The zero-order valence-corrected chi connectivity index (χ0v) is 24.3. The number of hydrogen-bond donors (Lipinski definition) is 2. The van der Waals surface area contributed by atoms with Gasteiger partial charge in [-0.05, 0) is 73.5 Å². The van der Waals surface area contributed by atoms with Gasteiger partial charge >= 0.3 is 6.36 Å². The van der Waals surface area contributed by atoms with E-state index in [4.69, 9.17) is 4.74 Å². The molecule has 2 fully saturated rings. The lowest BCUT2D eigenvalue weighted by Crippen LogP contribution is -2.78. The summed E-state index contributed by atoms with van der Waals surface area (Å²) in [6, 6.07) is 8.47. The Kier molecular flexibility index (Phi) is 7.28. The zero-order valence-electron chi connectivity index (χ0n) is 24.3. The maximum absolute atomic E-state index is 13.9. The predicted molar refractivity (Wildman–Crippen MR) is 155 cm³/mol. The van der Waals surface area contributed by atoms with E-state index in [0.29, 0.717) is 56.6 Å². The van der Waals surface area contributed by atoms with Crippen LogP contribution in [0.5, 0.6) is 17.2 Å². The molecular weight excluding hydrogens is 561 g/mol. The van der Waals surface area contributed by atoms with Crippen LogP contribution in [0.1, 0.15) is 49.8 Å². The summed E-state index contributed by atoms with van der Waals surface area (Å²) in [4.78, 5) is 17.9. The Balaban J connectivity index is 1.36. The molecule has 2 aromatic carbocycles. The number of likely N-dealkylation sites (tertiary alicyclic amines) is 1. The second-order valence-electron chi connectivity index (χ2n) is 12.6. The summed E-state index contributed by atoms with van der Waals surface area (Å²) < 4.78 is 48.8. The predicted octanol–water partition coefficient (Wildman–Crippen LogP) is 5.20. The van der Waals surface area contributed by atoms with Crippen molar-refractivity contribution in [2.75, 3.05) is 19.6 Å². The highest BCUT2D eigenvalue weighted by molar-refractivity contribution is 5.92. The van der Waals surface area contributed by atoms with Crippen LogP contribution < -0.4 is 9.47 Å². The molecule has 5 atom stereocenters. The fourth-order valence-corrected chi connectivity index (χ4v) is 8.17. The summed E-state index contributed by atoms with van der Waals surface area (Å²) in [5, 5.41) is 23.5. The highest BCUT2D eigenvalue weighted by Crippen LogP contribution is 2.65. The molecule has 0 radical (unpaired) electrons. The molecule has 2 aromatic rings. The van der Waals surface area contributed by atoms with E-state index < -0.39 is 29.5 Å². The topological polar surface area (TPSA) is 82.5 Å². The summed E-state index contributed by atoms with van der Waals surface area (Å²) in [5.74, 6) is -0.131. The number of piperidine rings is 1. The average molecular weight is 599 g/mol. The van der Waals surface area contributed by atoms with E-state index in [1.54, 1.807) is 17.0 Å². The van der Waals surface area contributed by atoms with Crippen LogP contribution >= 0.6 is 0 Å². The molecule has 4 aliphatic rings. The van der Waals surface area contributed by atoms with E-state index in [1.807, 2.05) is 26.0 Å². The van der Waals surface area contributed by atoms with Crippen LogP contribution in [0.25, 0.3) is 6.08 Å². The number of nitrogens with zero attached hydrogens (tertiary/aromatic N) is 2. The molecule has 1 saturated heterocycles. The summed E-state index contributed by atoms with van der Waals surface area (Å²) in [5.41, 5.74) is 0.376. The Hall–Kier alpha value is -3.50. The van der Waals surface area contributed by atoms with Gasteiger partial charge in [0.15, 0.2) is 11.5 Å². The Morgan fingerprint density at radius 1 is 1.28 bits per heavy atom. The van der Waals surface area contributed by atoms with Gasteiger partial charge in [0, 0.05) is 30.8 Å². The molecule has 43 heavy (non-hydrogen) atoms. The van der Waals surface area contributed by atoms with Crippen LogP contribution in [0.4, 0.5) is 13.2 Å². The lowest BCUT2D eigenvalue weighted by atomic mass is 9.48. The van der Waals surface area contributed by atoms with Crippen molar-refractivity contribution in [2.45, 2.75) is 75.1 Å². The summed E-state index contributed by atoms with van der Waals surface area (Å²) in [6.45, 7) is 9.73. The first kappa shape index (κ1) is 29.6. The van der Waals surface area contributed by atoms with Gasteiger partial charge in [0.25, 0.3) is 0 Å². The first-order valence-electron chi connectivity index (χ1n) is 14.8. The van der Waals surface area contributed by atoms with Gasteiger partial charge < -0.3 is 24.6 Å². The van der Waals surface area contributed by atoms with Crippen LogP contribution in [-0.2, 0) is 16.6 Å². The third-order valence-electron chi connectivity index (χ3n) is 9.66. The van der Waals surface area contributed by atoms with E-state index in [9.17, 15) is 28.2 Å². The lowest BCUT2D eigenvalue weighted by Gasteiger charge is -2.64. The van der Waals surface area contributed by atoms with E-state index in [-0.39, 0.29) is 29.4 Å². The molecule has 7 nitrogen and oxygen atoms in total. The summed E-state index contributed by atoms with van der Waals surface area (Å²) >= 11 is 0. The van der Waals surface area contributed by atoms with Gasteiger partial charge in [-0.3, -0.25) is 9.69 Å². The largest absolute Gasteiger partial charge is 0.573 e. The number of benzene rings is 2. The molecule has 230 valence electrons. The number of amides is 1. The number of carbonyl (C=O) groups is 1. The van der Waals surface area contributed by atoms with Crippen LogP contribution in [-0.4, -0.2) is 75.7 Å². The molecule has 2 heterocycles. The first-order chi connectivity index (χ1) is 20.4. The monoisotopic (exact) mass is 598 g/mol. The fourth-order valence-electron chi connectivity index (χ4n) is 8.17. The molecule has 2 aliphatic carbocycles. The van der Waals surface area contributed by atoms with E-state index in [0.717, 1.165) is 11.1 Å². The standard InChI is InChI=1S/C33H37F3N2O5/c1-4-15-37-16-14-31-28-22-9-10-25(39)29(28)42-30(31)24(12-13-32(31,41)26(37)18-22)38(19-20(2)3)27(40)11-8-21-6-5-7-23(17-21)43-33(34,35)36/h4-11,17,20,24,26,30,39,41H,1,12-16,18-19H2,2-3H3/t24-,26+,30-,31-,32+/m0/s1. The molecule has 0 unspecified atom stereocenters. The van der Waals surface area contributed by atoms with Crippen molar-refractivity contribution in [1.82, 2.24) is 9.80 Å². The first-order valence-corrected chi connectivity index (χ1v) is 14.8. The fraction of sp³-hybridized carbons (Fsp3) is 0.485. The summed E-state index contributed by atoms with van der Waals surface area (Å²) in [6.07, 6.45) is 1.48. The minimum Gasteiger partial charge on any atom is -0.504 e. The molecular formula is C33H37F3N2O5. The summed E-state index contributed by atoms with van der Waals surface area (Å²) in [7, 11) is 0. The minimum absolute atomic E-state index is 0.0261. The van der Waals surface area contributed by atoms with Crippen molar-refractivity contribution in [3.05, 3.63) is 71.8 Å². The van der Waals surface area contributed by atoms with E-state index in [1.165, 1.54) is 30.4 Å². The zero-order chi connectivity index (χ0) is 30.7. The van der Waals surface area contributed by atoms with Gasteiger partial charge in [-0.2, -0.15) is 0 Å². The van der Waals surface area contributed by atoms with Crippen molar-refractivity contribution in [3.63, 3.8) is 0 Å². The maximum Gasteiger partial charge on any atom is 0.573 e. The van der Waals surface area contributed by atoms with Gasteiger partial charge in [0.05, 0.1) is 17.1 Å². The van der Waals surface area contributed by atoms with Crippen molar-refractivity contribution < 1.29 is 37.7 Å². The number of ether oxygens (including phenoxy) is 2.